The third-order valence-corrected chi connectivity index (χ3v) is 10.2. The summed E-state index contributed by atoms with van der Waals surface area (Å²) >= 11 is 17.3. The van der Waals surface area contributed by atoms with E-state index in [0.717, 1.165) is 25.7 Å². The number of rotatable bonds is 3. The molecule has 9 heteroatoms. The van der Waals surface area contributed by atoms with Gasteiger partial charge in [-0.3, -0.25) is 0 Å². The summed E-state index contributed by atoms with van der Waals surface area (Å²) in [6, 6.07) is -0.251. The molecule has 2 N–H and O–H groups in total. The second-order valence-corrected chi connectivity index (χ2v) is 13.8. The Kier molecular flexibility index (Phi) is 6.92. The minimum atomic E-state index is -1.69. The molecule has 1 amide bonds. The Bertz CT molecular complexity index is 791. The van der Waals surface area contributed by atoms with Crippen LogP contribution in [0.3, 0.4) is 0 Å². The molecule has 0 spiro atoms. The van der Waals surface area contributed by atoms with Crippen LogP contribution in [0.5, 0.6) is 0 Å². The van der Waals surface area contributed by atoms with Crippen molar-refractivity contribution >= 4 is 46.9 Å². The van der Waals surface area contributed by atoms with Gasteiger partial charge in [0.2, 0.25) is 3.79 Å². The standard InChI is InChI=1S/C24H36Cl3NO5/c1-21-10-5-4-6-14(21)7-8-15-16-9-11-23(31,19(29)32-3)22(16,2)12-17(18(15)21)28-20(30)33-13-24(25,26)27/h14-18,31H,4-13H2,1-3H3,(H,28,30)/t14?,15-,16-,17?,18-,21-,22-,23?/m0/s1. The van der Waals surface area contributed by atoms with Crippen LogP contribution in [0.25, 0.3) is 0 Å². The van der Waals surface area contributed by atoms with Crippen LogP contribution in [0.4, 0.5) is 4.79 Å². The molecule has 33 heavy (non-hydrogen) atoms. The molecule has 188 valence electrons. The highest BCUT2D eigenvalue weighted by atomic mass is 35.6. The Balaban J connectivity index is 1.68. The number of amides is 1. The summed E-state index contributed by atoms with van der Waals surface area (Å²) in [5.41, 5.74) is -2.17. The van der Waals surface area contributed by atoms with Gasteiger partial charge < -0.3 is 19.9 Å². The number of alkyl carbamates (subject to hydrolysis) is 1. The molecule has 0 saturated heterocycles. The number of hydrogen-bond donors (Lipinski definition) is 2. The maximum Gasteiger partial charge on any atom is 0.407 e. The molecule has 4 rings (SSSR count). The lowest BCUT2D eigenvalue weighted by molar-refractivity contribution is -0.192. The number of hydrogen-bond acceptors (Lipinski definition) is 5. The number of halogens is 3. The molecule has 0 radical (unpaired) electrons. The molecule has 4 saturated carbocycles. The van der Waals surface area contributed by atoms with E-state index in [9.17, 15) is 14.7 Å². The SMILES string of the molecule is COC(=O)C1(O)CC[C@H]2[C@@H]3CCC4CCCC[C@]4(C)[C@@H]3C(NC(=O)OCC(Cl)(Cl)Cl)C[C@@]21C. The highest BCUT2D eigenvalue weighted by molar-refractivity contribution is 6.67. The molecule has 6 nitrogen and oxygen atoms in total. The fraction of sp³-hybridized carbons (Fsp3) is 0.917. The highest BCUT2D eigenvalue weighted by Gasteiger charge is 2.69. The smallest absolute Gasteiger partial charge is 0.407 e. The largest absolute Gasteiger partial charge is 0.467 e. The second kappa shape index (κ2) is 8.90. The number of carbonyl (C=O) groups excluding carboxylic acids is 2. The van der Waals surface area contributed by atoms with Crippen LogP contribution in [-0.4, -0.2) is 46.3 Å². The third kappa shape index (κ3) is 4.25. The fourth-order valence-electron chi connectivity index (χ4n) is 8.47. The van der Waals surface area contributed by atoms with E-state index in [2.05, 4.69) is 12.2 Å². The van der Waals surface area contributed by atoms with Gasteiger partial charge in [-0.1, -0.05) is 61.5 Å². The Hall–Kier alpha value is -0.430. The monoisotopic (exact) mass is 523 g/mol. The number of aliphatic hydroxyl groups is 1. The van der Waals surface area contributed by atoms with Crippen LogP contribution < -0.4 is 5.32 Å². The van der Waals surface area contributed by atoms with E-state index in [1.807, 2.05) is 6.92 Å². The zero-order chi connectivity index (χ0) is 24.2. The van der Waals surface area contributed by atoms with Crippen LogP contribution in [0.1, 0.15) is 71.6 Å². The quantitative estimate of drug-likeness (QED) is 0.381. The topological polar surface area (TPSA) is 84.9 Å². The van der Waals surface area contributed by atoms with Gasteiger partial charge in [-0.05, 0) is 74.0 Å². The molecular formula is C24H36Cl3NO5. The van der Waals surface area contributed by atoms with E-state index in [0.29, 0.717) is 24.7 Å². The molecular weight excluding hydrogens is 489 g/mol. The summed E-state index contributed by atoms with van der Waals surface area (Å²) < 4.78 is 8.57. The number of fused-ring (bicyclic) bond motifs is 5. The molecule has 0 aromatic rings. The number of ether oxygens (including phenoxy) is 2. The Morgan fingerprint density at radius 3 is 2.48 bits per heavy atom. The lowest BCUT2D eigenvalue weighted by Gasteiger charge is -2.63. The van der Waals surface area contributed by atoms with Crippen molar-refractivity contribution in [2.75, 3.05) is 13.7 Å². The molecule has 8 atom stereocenters. The molecule has 0 aromatic heterocycles. The van der Waals surface area contributed by atoms with Crippen LogP contribution in [0, 0.1) is 34.5 Å². The second-order valence-electron chi connectivity index (χ2n) is 11.3. The zero-order valence-electron chi connectivity index (χ0n) is 19.7. The summed E-state index contributed by atoms with van der Waals surface area (Å²) in [4.78, 5) is 25.5. The summed E-state index contributed by atoms with van der Waals surface area (Å²) in [5, 5.41) is 14.7. The maximum atomic E-state index is 12.8. The molecule has 0 heterocycles. The van der Waals surface area contributed by atoms with Crippen molar-refractivity contribution in [2.24, 2.45) is 34.5 Å². The van der Waals surface area contributed by atoms with Crippen molar-refractivity contribution in [1.82, 2.24) is 5.32 Å². The van der Waals surface area contributed by atoms with Crippen molar-refractivity contribution in [1.29, 1.82) is 0 Å². The van der Waals surface area contributed by atoms with E-state index in [4.69, 9.17) is 44.3 Å². The van der Waals surface area contributed by atoms with Gasteiger partial charge in [0, 0.05) is 11.5 Å². The van der Waals surface area contributed by atoms with Gasteiger partial charge in [-0.15, -0.1) is 0 Å². The molecule has 0 bridgehead atoms. The average molecular weight is 525 g/mol. The van der Waals surface area contributed by atoms with Crippen molar-refractivity contribution in [3.63, 3.8) is 0 Å². The molecule has 4 fully saturated rings. The van der Waals surface area contributed by atoms with Crippen molar-refractivity contribution in [2.45, 2.75) is 87.1 Å². The first-order valence-electron chi connectivity index (χ1n) is 12.2. The minimum Gasteiger partial charge on any atom is -0.467 e. The van der Waals surface area contributed by atoms with Crippen molar-refractivity contribution in [3.8, 4) is 0 Å². The van der Waals surface area contributed by atoms with Gasteiger partial charge in [0.1, 0.15) is 6.61 Å². The number of esters is 1. The van der Waals surface area contributed by atoms with E-state index >= 15 is 0 Å². The van der Waals surface area contributed by atoms with Crippen LogP contribution in [0.2, 0.25) is 0 Å². The first kappa shape index (κ1) is 25.7. The first-order chi connectivity index (χ1) is 15.4. The van der Waals surface area contributed by atoms with Gasteiger partial charge >= 0.3 is 12.1 Å². The van der Waals surface area contributed by atoms with E-state index in [-0.39, 0.29) is 29.9 Å². The predicted molar refractivity (Wildman–Crippen MR) is 127 cm³/mol. The normalized spacial score (nSPS) is 44.8. The number of methoxy groups -OCH3 is 1. The summed E-state index contributed by atoms with van der Waals surface area (Å²) in [5.74, 6) is 0.789. The molecule has 0 aromatic carbocycles. The summed E-state index contributed by atoms with van der Waals surface area (Å²) in [7, 11) is 1.32. The molecule has 4 aliphatic carbocycles. The lowest BCUT2D eigenvalue weighted by atomic mass is 9.43. The minimum absolute atomic E-state index is 0.0988. The molecule has 0 aliphatic heterocycles. The van der Waals surface area contributed by atoms with Crippen LogP contribution >= 0.6 is 34.8 Å². The Morgan fingerprint density at radius 2 is 1.82 bits per heavy atom. The van der Waals surface area contributed by atoms with Crippen LogP contribution in [0.15, 0.2) is 0 Å². The first-order valence-corrected chi connectivity index (χ1v) is 13.3. The van der Waals surface area contributed by atoms with E-state index in [1.165, 1.54) is 26.4 Å². The van der Waals surface area contributed by atoms with Gasteiger partial charge in [0.15, 0.2) is 5.60 Å². The third-order valence-electron chi connectivity index (χ3n) is 9.89. The average Bonchev–Trinajstić information content (AvgIpc) is 3.02. The van der Waals surface area contributed by atoms with Gasteiger partial charge in [-0.25, -0.2) is 9.59 Å². The van der Waals surface area contributed by atoms with Crippen molar-refractivity contribution in [3.05, 3.63) is 0 Å². The van der Waals surface area contributed by atoms with Gasteiger partial charge in [0.25, 0.3) is 0 Å². The lowest BCUT2D eigenvalue weighted by Crippen LogP contribution is -2.65. The Morgan fingerprint density at radius 1 is 1.09 bits per heavy atom. The highest BCUT2D eigenvalue weighted by Crippen LogP contribution is 2.68. The summed E-state index contributed by atoms with van der Waals surface area (Å²) in [6.45, 7) is 4.03. The fourth-order valence-corrected chi connectivity index (χ4v) is 8.63. The van der Waals surface area contributed by atoms with Crippen LogP contribution in [-0.2, 0) is 14.3 Å². The number of alkyl halides is 3. The number of nitrogens with one attached hydrogen (secondary N) is 1. The molecule has 3 unspecified atom stereocenters. The maximum absolute atomic E-state index is 12.8. The van der Waals surface area contributed by atoms with E-state index in [1.54, 1.807) is 0 Å². The van der Waals surface area contributed by atoms with E-state index < -0.39 is 26.9 Å². The summed E-state index contributed by atoms with van der Waals surface area (Å²) in [6.07, 6.45) is 8.02. The Labute approximate surface area is 211 Å². The van der Waals surface area contributed by atoms with Gasteiger partial charge in [-0.2, -0.15) is 0 Å². The van der Waals surface area contributed by atoms with Crippen molar-refractivity contribution < 1.29 is 24.2 Å². The predicted octanol–water partition coefficient (Wildman–Crippen LogP) is 5.40. The molecule has 4 aliphatic rings. The zero-order valence-corrected chi connectivity index (χ0v) is 21.9. The van der Waals surface area contributed by atoms with Gasteiger partial charge in [0.05, 0.1) is 7.11 Å². The number of carbonyl (C=O) groups is 2.